The number of methoxy groups -OCH3 is 2. The molecule has 2 rings (SSSR count). The molecule has 0 spiro atoms. The van der Waals surface area contributed by atoms with Crippen molar-refractivity contribution in [3.8, 4) is 11.5 Å². The number of anilines is 1. The third kappa shape index (κ3) is 4.40. The van der Waals surface area contributed by atoms with Crippen molar-refractivity contribution in [3.05, 3.63) is 18.2 Å². The fourth-order valence-corrected chi connectivity index (χ4v) is 3.10. The van der Waals surface area contributed by atoms with Gasteiger partial charge in [-0.1, -0.05) is 6.92 Å². The molecule has 6 heteroatoms. The van der Waals surface area contributed by atoms with E-state index in [9.17, 15) is 9.59 Å². The van der Waals surface area contributed by atoms with Crippen LogP contribution in [-0.2, 0) is 9.59 Å². The molecule has 0 radical (unpaired) electrons. The summed E-state index contributed by atoms with van der Waals surface area (Å²) in [7, 11) is 3.08. The minimum atomic E-state index is -0.341. The van der Waals surface area contributed by atoms with Crippen LogP contribution in [-0.4, -0.2) is 43.5 Å². The average Bonchev–Trinajstić information content (AvgIpc) is 2.61. The smallest absolute Gasteiger partial charge is 0.233 e. The number of piperidine rings is 1. The van der Waals surface area contributed by atoms with Crippen LogP contribution >= 0.6 is 0 Å². The molecular weight excluding hydrogens is 308 g/mol. The van der Waals surface area contributed by atoms with E-state index >= 15 is 0 Å². The monoisotopic (exact) mass is 334 g/mol. The van der Waals surface area contributed by atoms with Gasteiger partial charge in [0.2, 0.25) is 11.8 Å². The number of ether oxygens (including phenoxy) is 2. The van der Waals surface area contributed by atoms with Crippen molar-refractivity contribution in [2.45, 2.75) is 45.1 Å². The van der Waals surface area contributed by atoms with Gasteiger partial charge in [-0.05, 0) is 37.8 Å². The summed E-state index contributed by atoms with van der Waals surface area (Å²) in [5.74, 6) is 0.688. The molecule has 1 aliphatic rings. The largest absolute Gasteiger partial charge is 0.497 e. The second kappa shape index (κ2) is 8.57. The van der Waals surface area contributed by atoms with Crippen molar-refractivity contribution in [1.29, 1.82) is 0 Å². The van der Waals surface area contributed by atoms with E-state index in [-0.39, 0.29) is 24.3 Å². The van der Waals surface area contributed by atoms with Crippen LogP contribution in [0.4, 0.5) is 5.69 Å². The van der Waals surface area contributed by atoms with E-state index in [4.69, 9.17) is 9.47 Å². The van der Waals surface area contributed by atoms with Gasteiger partial charge in [-0.25, -0.2) is 0 Å². The molecule has 0 saturated carbocycles. The highest BCUT2D eigenvalue weighted by Gasteiger charge is 2.26. The summed E-state index contributed by atoms with van der Waals surface area (Å²) in [5, 5.41) is 2.75. The van der Waals surface area contributed by atoms with E-state index in [0.717, 1.165) is 32.2 Å². The molecule has 1 N–H and O–H groups in total. The molecule has 132 valence electrons. The Labute approximate surface area is 143 Å². The van der Waals surface area contributed by atoms with E-state index in [2.05, 4.69) is 12.2 Å². The van der Waals surface area contributed by atoms with E-state index in [1.165, 1.54) is 7.11 Å². The van der Waals surface area contributed by atoms with Crippen molar-refractivity contribution in [2.24, 2.45) is 0 Å². The lowest BCUT2D eigenvalue weighted by atomic mass is 9.99. The SMILES string of the molecule is CCC1CCCCN1C(=O)CC(=O)Nc1cc(OC)ccc1OC. The molecule has 1 heterocycles. The predicted molar refractivity (Wildman–Crippen MR) is 92.4 cm³/mol. The highest BCUT2D eigenvalue weighted by molar-refractivity contribution is 6.04. The van der Waals surface area contributed by atoms with Crippen molar-refractivity contribution in [2.75, 3.05) is 26.1 Å². The highest BCUT2D eigenvalue weighted by atomic mass is 16.5. The van der Waals surface area contributed by atoms with Crippen LogP contribution in [0.15, 0.2) is 18.2 Å². The van der Waals surface area contributed by atoms with Gasteiger partial charge in [-0.15, -0.1) is 0 Å². The maximum Gasteiger partial charge on any atom is 0.233 e. The third-order valence-corrected chi connectivity index (χ3v) is 4.41. The number of likely N-dealkylation sites (tertiary alicyclic amines) is 1. The number of carbonyl (C=O) groups is 2. The van der Waals surface area contributed by atoms with Gasteiger partial charge in [0.1, 0.15) is 17.9 Å². The van der Waals surface area contributed by atoms with Crippen LogP contribution in [0.5, 0.6) is 11.5 Å². The summed E-state index contributed by atoms with van der Waals surface area (Å²) in [5.41, 5.74) is 0.500. The Morgan fingerprint density at radius 3 is 2.71 bits per heavy atom. The Hall–Kier alpha value is -2.24. The summed E-state index contributed by atoms with van der Waals surface area (Å²) < 4.78 is 10.4. The molecule has 1 fully saturated rings. The molecule has 24 heavy (non-hydrogen) atoms. The lowest BCUT2D eigenvalue weighted by Gasteiger charge is -2.35. The molecular formula is C18H26N2O4. The molecule has 1 aliphatic heterocycles. The van der Waals surface area contributed by atoms with Gasteiger partial charge in [0.05, 0.1) is 19.9 Å². The number of rotatable bonds is 6. The fraction of sp³-hybridized carbons (Fsp3) is 0.556. The quantitative estimate of drug-likeness (QED) is 0.812. The van der Waals surface area contributed by atoms with Gasteiger partial charge >= 0.3 is 0 Å². The highest BCUT2D eigenvalue weighted by Crippen LogP contribution is 2.29. The summed E-state index contributed by atoms with van der Waals surface area (Å²) in [4.78, 5) is 26.6. The number of nitrogens with zero attached hydrogens (tertiary/aromatic N) is 1. The number of amides is 2. The molecule has 1 unspecified atom stereocenters. The molecule has 6 nitrogen and oxygen atoms in total. The van der Waals surface area contributed by atoms with Gasteiger partial charge in [0, 0.05) is 18.7 Å². The first-order valence-corrected chi connectivity index (χ1v) is 8.40. The Morgan fingerprint density at radius 1 is 1.25 bits per heavy atom. The summed E-state index contributed by atoms with van der Waals surface area (Å²) in [6, 6.07) is 5.40. The molecule has 1 saturated heterocycles. The summed E-state index contributed by atoms with van der Waals surface area (Å²) in [6.45, 7) is 2.82. The van der Waals surface area contributed by atoms with Crippen LogP contribution in [0, 0.1) is 0 Å². The van der Waals surface area contributed by atoms with Crippen LogP contribution in [0.3, 0.4) is 0 Å². The normalized spacial score (nSPS) is 17.3. The molecule has 0 aliphatic carbocycles. The minimum absolute atomic E-state index is 0.110. The van der Waals surface area contributed by atoms with Crippen LogP contribution in [0.2, 0.25) is 0 Å². The summed E-state index contributed by atoms with van der Waals surface area (Å²) in [6.07, 6.45) is 3.95. The van der Waals surface area contributed by atoms with Crippen molar-refractivity contribution in [3.63, 3.8) is 0 Å². The first kappa shape index (κ1) is 18.1. The number of nitrogens with one attached hydrogen (secondary N) is 1. The Kier molecular flexibility index (Phi) is 6.46. The van der Waals surface area contributed by atoms with E-state index in [1.54, 1.807) is 25.3 Å². The fourth-order valence-electron chi connectivity index (χ4n) is 3.10. The molecule has 2 amide bonds. The second-order valence-corrected chi connectivity index (χ2v) is 5.94. The first-order chi connectivity index (χ1) is 11.6. The molecule has 0 aromatic heterocycles. The predicted octanol–water partition coefficient (Wildman–Crippen LogP) is 2.82. The number of benzene rings is 1. The second-order valence-electron chi connectivity index (χ2n) is 5.94. The average molecular weight is 334 g/mol. The maximum absolute atomic E-state index is 12.5. The zero-order valence-corrected chi connectivity index (χ0v) is 14.6. The Morgan fingerprint density at radius 2 is 2.04 bits per heavy atom. The Balaban J connectivity index is 2.01. The maximum atomic E-state index is 12.5. The molecule has 0 bridgehead atoms. The van der Waals surface area contributed by atoms with Gasteiger partial charge < -0.3 is 19.7 Å². The van der Waals surface area contributed by atoms with Crippen molar-refractivity contribution in [1.82, 2.24) is 4.90 Å². The molecule has 1 aromatic carbocycles. The van der Waals surface area contributed by atoms with E-state index in [0.29, 0.717) is 17.2 Å². The van der Waals surface area contributed by atoms with E-state index in [1.807, 2.05) is 4.90 Å². The molecule has 1 atom stereocenters. The zero-order chi connectivity index (χ0) is 17.5. The zero-order valence-electron chi connectivity index (χ0n) is 14.6. The standard InChI is InChI=1S/C18H26N2O4/c1-4-13-7-5-6-10-20(13)18(22)12-17(21)19-15-11-14(23-2)8-9-16(15)24-3/h8-9,11,13H,4-7,10,12H2,1-3H3,(H,19,21). The van der Waals surface area contributed by atoms with Crippen LogP contribution < -0.4 is 14.8 Å². The lowest BCUT2D eigenvalue weighted by Crippen LogP contribution is -2.44. The Bertz CT molecular complexity index is 588. The van der Waals surface area contributed by atoms with Gasteiger partial charge in [-0.2, -0.15) is 0 Å². The van der Waals surface area contributed by atoms with Crippen molar-refractivity contribution < 1.29 is 19.1 Å². The van der Waals surface area contributed by atoms with Gasteiger partial charge in [0.15, 0.2) is 0 Å². The van der Waals surface area contributed by atoms with Crippen molar-refractivity contribution >= 4 is 17.5 Å². The first-order valence-electron chi connectivity index (χ1n) is 8.40. The lowest BCUT2D eigenvalue weighted by molar-refractivity contribution is -0.137. The summed E-state index contributed by atoms with van der Waals surface area (Å²) >= 11 is 0. The van der Waals surface area contributed by atoms with Crippen LogP contribution in [0.1, 0.15) is 39.0 Å². The molecule has 1 aromatic rings. The number of hydrogen-bond donors (Lipinski definition) is 1. The third-order valence-electron chi connectivity index (χ3n) is 4.41. The topological polar surface area (TPSA) is 67.9 Å². The van der Waals surface area contributed by atoms with E-state index < -0.39 is 0 Å². The number of carbonyl (C=O) groups excluding carboxylic acids is 2. The number of hydrogen-bond acceptors (Lipinski definition) is 4. The van der Waals surface area contributed by atoms with Gasteiger partial charge in [0.25, 0.3) is 0 Å². The van der Waals surface area contributed by atoms with Crippen LogP contribution in [0.25, 0.3) is 0 Å². The minimum Gasteiger partial charge on any atom is -0.497 e. The van der Waals surface area contributed by atoms with Gasteiger partial charge in [-0.3, -0.25) is 9.59 Å².